The first-order chi connectivity index (χ1) is 8.65. The third-order valence-corrected chi connectivity index (χ3v) is 3.87. The molecule has 5 heteroatoms. The predicted molar refractivity (Wildman–Crippen MR) is 78.7 cm³/mol. The summed E-state index contributed by atoms with van der Waals surface area (Å²) < 4.78 is 13.6. The van der Waals surface area contributed by atoms with Gasteiger partial charge in [-0.1, -0.05) is 6.42 Å². The van der Waals surface area contributed by atoms with Crippen LogP contribution in [0.1, 0.15) is 29.6 Å². The highest BCUT2D eigenvalue weighted by molar-refractivity contribution is 9.10. The maximum Gasteiger partial charge on any atom is 0.252 e. The topological polar surface area (TPSA) is 29.1 Å². The van der Waals surface area contributed by atoms with Gasteiger partial charge >= 0.3 is 0 Å². The molecule has 1 amide bonds. The summed E-state index contributed by atoms with van der Waals surface area (Å²) in [7, 11) is 0. The van der Waals surface area contributed by atoms with E-state index in [0.29, 0.717) is 16.6 Å². The van der Waals surface area contributed by atoms with Crippen molar-refractivity contribution < 1.29 is 9.18 Å². The van der Waals surface area contributed by atoms with Crippen molar-refractivity contribution in [3.63, 3.8) is 0 Å². The largest absolute Gasteiger partial charge is 0.352 e. The van der Waals surface area contributed by atoms with Crippen LogP contribution in [0.5, 0.6) is 0 Å². The lowest BCUT2D eigenvalue weighted by Gasteiger charge is -2.07. The molecule has 0 aliphatic carbocycles. The Morgan fingerprint density at radius 3 is 2.89 bits per heavy atom. The number of halogens is 2. The van der Waals surface area contributed by atoms with E-state index in [-0.39, 0.29) is 5.91 Å². The molecule has 0 fully saturated rings. The first kappa shape index (κ1) is 15.5. The minimum Gasteiger partial charge on any atom is -0.352 e. The Hall–Kier alpha value is -0.550. The molecule has 0 aromatic heterocycles. The van der Waals surface area contributed by atoms with Crippen molar-refractivity contribution in [2.75, 3.05) is 18.6 Å². The second-order valence-electron chi connectivity index (χ2n) is 3.93. The number of unbranched alkanes of at least 4 members (excludes halogenated alkanes) is 2. The average molecular weight is 334 g/mol. The smallest absolute Gasteiger partial charge is 0.252 e. The fraction of sp³-hybridized carbons (Fsp3) is 0.462. The van der Waals surface area contributed by atoms with Gasteiger partial charge in [0.15, 0.2) is 0 Å². The molecule has 100 valence electrons. The molecule has 2 nitrogen and oxygen atoms in total. The summed E-state index contributed by atoms with van der Waals surface area (Å²) in [5.74, 6) is 0.526. The van der Waals surface area contributed by atoms with Crippen LogP contribution in [0.2, 0.25) is 0 Å². The van der Waals surface area contributed by atoms with Crippen LogP contribution in [-0.2, 0) is 0 Å². The van der Waals surface area contributed by atoms with Gasteiger partial charge in [-0.2, -0.15) is 11.8 Å². The van der Waals surface area contributed by atoms with Crippen LogP contribution in [0.4, 0.5) is 4.39 Å². The van der Waals surface area contributed by atoms with E-state index in [2.05, 4.69) is 27.5 Å². The lowest BCUT2D eigenvalue weighted by atomic mass is 10.2. The molecule has 0 atom stereocenters. The van der Waals surface area contributed by atoms with E-state index in [1.54, 1.807) is 6.07 Å². The summed E-state index contributed by atoms with van der Waals surface area (Å²) in [6.45, 7) is 0.635. The van der Waals surface area contributed by atoms with Gasteiger partial charge in [-0.05, 0) is 59.0 Å². The van der Waals surface area contributed by atoms with Gasteiger partial charge < -0.3 is 5.32 Å². The van der Waals surface area contributed by atoms with Gasteiger partial charge in [0.05, 0.1) is 5.56 Å². The van der Waals surface area contributed by atoms with Crippen LogP contribution in [-0.4, -0.2) is 24.5 Å². The van der Waals surface area contributed by atoms with Gasteiger partial charge in [0.25, 0.3) is 5.91 Å². The maximum absolute atomic E-state index is 13.0. The molecule has 0 aliphatic heterocycles. The highest BCUT2D eigenvalue weighted by Crippen LogP contribution is 2.17. The summed E-state index contributed by atoms with van der Waals surface area (Å²) in [6.07, 6.45) is 5.31. The number of amides is 1. The minimum atomic E-state index is -0.400. The molecule has 0 heterocycles. The Labute approximate surface area is 120 Å². The van der Waals surface area contributed by atoms with Crippen LogP contribution >= 0.6 is 27.7 Å². The van der Waals surface area contributed by atoms with E-state index in [4.69, 9.17) is 0 Å². The Morgan fingerprint density at radius 2 is 2.17 bits per heavy atom. The number of thioether (sulfide) groups is 1. The molecule has 0 radical (unpaired) electrons. The van der Waals surface area contributed by atoms with Crippen molar-refractivity contribution in [3.8, 4) is 0 Å². The maximum atomic E-state index is 13.0. The van der Waals surface area contributed by atoms with Gasteiger partial charge in [-0.15, -0.1) is 0 Å². The number of hydrogen-bond acceptors (Lipinski definition) is 2. The quantitative estimate of drug-likeness (QED) is 0.768. The second-order valence-corrected chi connectivity index (χ2v) is 5.77. The van der Waals surface area contributed by atoms with Crippen LogP contribution in [0, 0.1) is 5.82 Å². The molecule has 0 unspecified atom stereocenters. The number of carbonyl (C=O) groups is 1. The Kier molecular flexibility index (Phi) is 7.35. The van der Waals surface area contributed by atoms with Gasteiger partial charge in [0.1, 0.15) is 5.82 Å². The van der Waals surface area contributed by atoms with Crippen molar-refractivity contribution in [1.82, 2.24) is 5.32 Å². The standard InChI is InChI=1S/C13H17BrFNOS/c1-18-8-4-2-3-7-16-13(17)11-9-10(15)5-6-12(11)14/h5-6,9H,2-4,7-8H2,1H3,(H,16,17). The number of rotatable bonds is 7. The lowest BCUT2D eigenvalue weighted by Crippen LogP contribution is -2.24. The van der Waals surface area contributed by atoms with Crippen molar-refractivity contribution in [2.24, 2.45) is 0 Å². The van der Waals surface area contributed by atoms with E-state index in [0.717, 1.165) is 18.6 Å². The Balaban J connectivity index is 2.34. The second kappa shape index (κ2) is 8.53. The molecule has 1 rings (SSSR count). The zero-order valence-corrected chi connectivity index (χ0v) is 12.7. The Morgan fingerprint density at radius 1 is 1.39 bits per heavy atom. The molecule has 1 aromatic carbocycles. The fourth-order valence-corrected chi connectivity index (χ4v) is 2.44. The number of benzene rings is 1. The summed E-state index contributed by atoms with van der Waals surface area (Å²) in [5.41, 5.74) is 0.346. The average Bonchev–Trinajstić information content (AvgIpc) is 2.36. The molecule has 1 aromatic rings. The summed E-state index contributed by atoms with van der Waals surface area (Å²) in [4.78, 5) is 11.8. The molecule has 18 heavy (non-hydrogen) atoms. The molecule has 0 aliphatic rings. The van der Waals surface area contributed by atoms with Crippen LogP contribution in [0.15, 0.2) is 22.7 Å². The van der Waals surface area contributed by atoms with Crippen molar-refractivity contribution in [2.45, 2.75) is 19.3 Å². The van der Waals surface area contributed by atoms with Crippen LogP contribution < -0.4 is 5.32 Å². The zero-order valence-electron chi connectivity index (χ0n) is 10.3. The van der Waals surface area contributed by atoms with Gasteiger partial charge in [-0.25, -0.2) is 4.39 Å². The van der Waals surface area contributed by atoms with Gasteiger partial charge in [-0.3, -0.25) is 4.79 Å². The number of nitrogens with one attached hydrogen (secondary N) is 1. The lowest BCUT2D eigenvalue weighted by molar-refractivity contribution is 0.0951. The highest BCUT2D eigenvalue weighted by atomic mass is 79.9. The molecule has 0 saturated carbocycles. The summed E-state index contributed by atoms with van der Waals surface area (Å²) >= 11 is 5.08. The Bertz CT molecular complexity index is 401. The number of carbonyl (C=O) groups excluding carboxylic acids is 1. The molecular weight excluding hydrogens is 317 g/mol. The van der Waals surface area contributed by atoms with E-state index >= 15 is 0 Å². The van der Waals surface area contributed by atoms with Crippen LogP contribution in [0.3, 0.4) is 0 Å². The van der Waals surface area contributed by atoms with Gasteiger partial charge in [0.2, 0.25) is 0 Å². The highest BCUT2D eigenvalue weighted by Gasteiger charge is 2.10. The molecule has 1 N–H and O–H groups in total. The summed E-state index contributed by atoms with van der Waals surface area (Å²) in [6, 6.07) is 4.11. The first-order valence-electron chi connectivity index (χ1n) is 5.87. The molecule has 0 spiro atoms. The third kappa shape index (κ3) is 5.40. The number of hydrogen-bond donors (Lipinski definition) is 1. The normalized spacial score (nSPS) is 10.4. The van der Waals surface area contributed by atoms with E-state index in [1.807, 2.05) is 11.8 Å². The minimum absolute atomic E-state index is 0.230. The van der Waals surface area contributed by atoms with Crippen LogP contribution in [0.25, 0.3) is 0 Å². The molecule has 0 bridgehead atoms. The van der Waals surface area contributed by atoms with E-state index < -0.39 is 5.82 Å². The fourth-order valence-electron chi connectivity index (χ4n) is 1.52. The first-order valence-corrected chi connectivity index (χ1v) is 8.06. The molecular formula is C13H17BrFNOS. The molecule has 0 saturated heterocycles. The van der Waals surface area contributed by atoms with Crippen molar-refractivity contribution in [1.29, 1.82) is 0 Å². The van der Waals surface area contributed by atoms with Gasteiger partial charge in [0, 0.05) is 11.0 Å². The SMILES string of the molecule is CSCCCCCNC(=O)c1cc(F)ccc1Br. The monoisotopic (exact) mass is 333 g/mol. The van der Waals surface area contributed by atoms with Crippen molar-refractivity contribution >= 4 is 33.6 Å². The van der Waals surface area contributed by atoms with E-state index in [9.17, 15) is 9.18 Å². The zero-order chi connectivity index (χ0) is 13.4. The van der Waals surface area contributed by atoms with E-state index in [1.165, 1.54) is 18.6 Å². The predicted octanol–water partition coefficient (Wildman–Crippen LogP) is 3.85. The summed E-state index contributed by atoms with van der Waals surface area (Å²) in [5, 5.41) is 2.80. The third-order valence-electron chi connectivity index (χ3n) is 2.48. The van der Waals surface area contributed by atoms with Crippen molar-refractivity contribution in [3.05, 3.63) is 34.1 Å².